The van der Waals surface area contributed by atoms with Gasteiger partial charge in [0.1, 0.15) is 13.2 Å². The van der Waals surface area contributed by atoms with E-state index in [4.69, 9.17) is 18.9 Å². The SMILES string of the molecule is COC(=O)N(C)[C@@H](COC(=O)/C=C/C(=O)OC[C@@H](c1ccccc1)N(C)C(=O)OC)c1ccccc1. The van der Waals surface area contributed by atoms with Crippen molar-refractivity contribution in [3.63, 3.8) is 0 Å². The highest BCUT2D eigenvalue weighted by Gasteiger charge is 2.25. The molecule has 10 nitrogen and oxygen atoms in total. The fraction of sp³-hybridized carbons (Fsp3) is 0.308. The quantitative estimate of drug-likeness (QED) is 0.278. The number of likely N-dealkylation sites (N-methyl/N-ethyl adjacent to an activating group) is 2. The summed E-state index contributed by atoms with van der Waals surface area (Å²) in [5, 5.41) is 0. The van der Waals surface area contributed by atoms with Crippen molar-refractivity contribution in [3.8, 4) is 0 Å². The third-order valence-electron chi connectivity index (χ3n) is 5.35. The Labute approximate surface area is 210 Å². The molecule has 10 heteroatoms. The molecule has 0 aliphatic heterocycles. The van der Waals surface area contributed by atoms with E-state index in [1.54, 1.807) is 48.5 Å². The molecule has 0 N–H and O–H groups in total. The first kappa shape index (κ1) is 27.9. The number of ether oxygens (including phenoxy) is 4. The van der Waals surface area contributed by atoms with Crippen LogP contribution in [0, 0.1) is 0 Å². The maximum atomic E-state index is 12.2. The Bertz CT molecular complexity index is 959. The van der Waals surface area contributed by atoms with Gasteiger partial charge in [0.05, 0.1) is 26.3 Å². The number of carbonyl (C=O) groups is 4. The summed E-state index contributed by atoms with van der Waals surface area (Å²) in [6.07, 6.45) is 0.682. The molecule has 0 aromatic heterocycles. The lowest BCUT2D eigenvalue weighted by Gasteiger charge is -2.27. The van der Waals surface area contributed by atoms with Gasteiger partial charge < -0.3 is 28.7 Å². The summed E-state index contributed by atoms with van der Waals surface area (Å²) in [6.45, 7) is -0.318. The normalized spacial score (nSPS) is 12.2. The van der Waals surface area contributed by atoms with Crippen LogP contribution < -0.4 is 0 Å². The smallest absolute Gasteiger partial charge is 0.409 e. The van der Waals surface area contributed by atoms with Crippen molar-refractivity contribution in [1.82, 2.24) is 9.80 Å². The van der Waals surface area contributed by atoms with Gasteiger partial charge in [0.2, 0.25) is 0 Å². The van der Waals surface area contributed by atoms with Crippen molar-refractivity contribution in [2.24, 2.45) is 0 Å². The average Bonchev–Trinajstić information content (AvgIpc) is 2.92. The zero-order valence-electron chi connectivity index (χ0n) is 20.7. The Hall–Kier alpha value is -4.34. The van der Waals surface area contributed by atoms with E-state index >= 15 is 0 Å². The van der Waals surface area contributed by atoms with Crippen LogP contribution in [0.3, 0.4) is 0 Å². The van der Waals surface area contributed by atoms with Gasteiger partial charge in [0, 0.05) is 26.2 Å². The van der Waals surface area contributed by atoms with Crippen LogP contribution in [-0.4, -0.2) is 75.5 Å². The molecule has 2 rings (SSSR count). The molecule has 2 aromatic rings. The van der Waals surface area contributed by atoms with E-state index in [1.807, 2.05) is 12.1 Å². The molecule has 0 aliphatic carbocycles. The first-order chi connectivity index (χ1) is 17.3. The van der Waals surface area contributed by atoms with Gasteiger partial charge in [-0.1, -0.05) is 60.7 Å². The third-order valence-corrected chi connectivity index (χ3v) is 5.35. The summed E-state index contributed by atoms with van der Waals surface area (Å²) in [7, 11) is 5.57. The summed E-state index contributed by atoms with van der Waals surface area (Å²) >= 11 is 0. The molecule has 192 valence electrons. The topological polar surface area (TPSA) is 112 Å². The predicted molar refractivity (Wildman–Crippen MR) is 130 cm³/mol. The first-order valence-electron chi connectivity index (χ1n) is 11.0. The number of rotatable bonds is 10. The minimum Gasteiger partial charge on any atom is -0.460 e. The summed E-state index contributed by atoms with van der Waals surface area (Å²) in [6, 6.07) is 16.8. The second-order valence-corrected chi connectivity index (χ2v) is 7.61. The molecule has 0 saturated carbocycles. The van der Waals surface area contributed by atoms with Crippen LogP contribution in [0.4, 0.5) is 9.59 Å². The second kappa shape index (κ2) is 14.1. The summed E-state index contributed by atoms with van der Waals surface area (Å²) in [5.41, 5.74) is 1.48. The van der Waals surface area contributed by atoms with Gasteiger partial charge >= 0.3 is 24.1 Å². The largest absolute Gasteiger partial charge is 0.460 e. The third kappa shape index (κ3) is 8.15. The Morgan fingerprint density at radius 2 is 1.00 bits per heavy atom. The minimum absolute atomic E-state index is 0.159. The highest BCUT2D eigenvalue weighted by molar-refractivity contribution is 5.91. The molecule has 0 radical (unpaired) electrons. The van der Waals surface area contributed by atoms with Crippen molar-refractivity contribution >= 4 is 24.1 Å². The predicted octanol–water partition coefficient (Wildman–Crippen LogP) is 3.51. The minimum atomic E-state index is -0.794. The molecule has 2 aromatic carbocycles. The number of hydrogen-bond acceptors (Lipinski definition) is 8. The molecule has 0 fully saturated rings. The molecular weight excluding hydrogens is 468 g/mol. The van der Waals surface area contributed by atoms with Gasteiger partial charge in [-0.05, 0) is 11.1 Å². The molecule has 0 aliphatic rings. The fourth-order valence-corrected chi connectivity index (χ4v) is 3.31. The molecular formula is C26H30N2O8. The van der Waals surface area contributed by atoms with E-state index in [2.05, 4.69) is 0 Å². The summed E-state index contributed by atoms with van der Waals surface area (Å²) < 4.78 is 20.0. The Morgan fingerprint density at radius 3 is 1.31 bits per heavy atom. The van der Waals surface area contributed by atoms with Crippen molar-refractivity contribution in [2.75, 3.05) is 41.5 Å². The number of benzene rings is 2. The van der Waals surface area contributed by atoms with Gasteiger partial charge in [-0.15, -0.1) is 0 Å². The number of methoxy groups -OCH3 is 2. The number of hydrogen-bond donors (Lipinski definition) is 0. The van der Waals surface area contributed by atoms with Gasteiger partial charge in [0.15, 0.2) is 0 Å². The number of esters is 2. The molecule has 0 unspecified atom stereocenters. The highest BCUT2D eigenvalue weighted by Crippen LogP contribution is 2.22. The van der Waals surface area contributed by atoms with Gasteiger partial charge in [-0.2, -0.15) is 0 Å². The van der Waals surface area contributed by atoms with Crippen LogP contribution in [0.5, 0.6) is 0 Å². The van der Waals surface area contributed by atoms with Gasteiger partial charge in [-0.3, -0.25) is 0 Å². The van der Waals surface area contributed by atoms with Gasteiger partial charge in [0.25, 0.3) is 0 Å². The Balaban J connectivity index is 1.97. The van der Waals surface area contributed by atoms with E-state index in [9.17, 15) is 19.2 Å². The number of amides is 2. The monoisotopic (exact) mass is 498 g/mol. The van der Waals surface area contributed by atoms with Crippen LogP contribution >= 0.6 is 0 Å². The number of carbonyl (C=O) groups excluding carboxylic acids is 4. The number of nitrogens with zero attached hydrogens (tertiary/aromatic N) is 2. The zero-order valence-corrected chi connectivity index (χ0v) is 20.7. The summed E-state index contributed by atoms with van der Waals surface area (Å²) in [5.74, 6) is -1.59. The van der Waals surface area contributed by atoms with E-state index in [-0.39, 0.29) is 13.2 Å². The molecule has 0 spiro atoms. The van der Waals surface area contributed by atoms with Crippen LogP contribution in [0.25, 0.3) is 0 Å². The van der Waals surface area contributed by atoms with E-state index < -0.39 is 36.2 Å². The highest BCUT2D eigenvalue weighted by atomic mass is 16.6. The second-order valence-electron chi connectivity index (χ2n) is 7.61. The first-order valence-corrected chi connectivity index (χ1v) is 11.0. The van der Waals surface area contributed by atoms with Crippen molar-refractivity contribution in [3.05, 3.63) is 83.9 Å². The standard InChI is InChI=1S/C26H30N2O8/c1-27(25(31)33-3)21(19-11-7-5-8-12-19)17-35-23(29)15-16-24(30)36-18-22(28(2)26(32)34-4)20-13-9-6-10-14-20/h5-16,21-22H,17-18H2,1-4H3/b16-15+/t21-,22-/m0/s1. The van der Waals surface area contributed by atoms with Crippen molar-refractivity contribution in [1.29, 1.82) is 0 Å². The van der Waals surface area contributed by atoms with E-state index in [1.165, 1.54) is 38.1 Å². The molecule has 0 bridgehead atoms. The lowest BCUT2D eigenvalue weighted by Crippen LogP contribution is -2.34. The molecule has 2 atom stereocenters. The van der Waals surface area contributed by atoms with Crippen LogP contribution in [0.1, 0.15) is 23.2 Å². The Morgan fingerprint density at radius 1 is 0.667 bits per heavy atom. The van der Waals surface area contributed by atoms with Crippen LogP contribution in [0.15, 0.2) is 72.8 Å². The molecule has 2 amide bonds. The van der Waals surface area contributed by atoms with Gasteiger partial charge in [-0.25, -0.2) is 19.2 Å². The molecule has 0 heterocycles. The average molecular weight is 499 g/mol. The summed E-state index contributed by atoms with van der Waals surface area (Å²) in [4.78, 5) is 51.0. The van der Waals surface area contributed by atoms with Crippen molar-refractivity contribution in [2.45, 2.75) is 12.1 Å². The molecule has 36 heavy (non-hydrogen) atoms. The van der Waals surface area contributed by atoms with Crippen molar-refractivity contribution < 1.29 is 38.1 Å². The maximum absolute atomic E-state index is 12.2. The lowest BCUT2D eigenvalue weighted by atomic mass is 10.1. The van der Waals surface area contributed by atoms with E-state index in [0.717, 1.165) is 23.3 Å². The fourth-order valence-electron chi connectivity index (χ4n) is 3.31. The maximum Gasteiger partial charge on any atom is 0.409 e. The molecule has 0 saturated heterocycles. The lowest BCUT2D eigenvalue weighted by molar-refractivity contribution is -0.142. The zero-order chi connectivity index (χ0) is 26.5. The Kier molecular flexibility index (Phi) is 11.0. The van der Waals surface area contributed by atoms with E-state index in [0.29, 0.717) is 0 Å². The van der Waals surface area contributed by atoms with Crippen LogP contribution in [-0.2, 0) is 28.5 Å². The van der Waals surface area contributed by atoms with Crippen LogP contribution in [0.2, 0.25) is 0 Å².